The van der Waals surface area contributed by atoms with Gasteiger partial charge in [-0.05, 0) is 147 Å². The van der Waals surface area contributed by atoms with Gasteiger partial charge in [0, 0.05) is 21.9 Å². The summed E-state index contributed by atoms with van der Waals surface area (Å²) in [7, 11) is 0. The number of hydrogen-bond donors (Lipinski definition) is 0. The Labute approximate surface area is 336 Å². The SMILES string of the molecule is CC1(C)c2cc3c(cc2-c2cc4c5ccc(-c6ccc7ccc8ccccc8c7c6)cc5n(-c5ccccc5)c4cc21)c1ccccc1c1ccc2ccccc2c13. The molecular weight excluding hydrogens is 699 g/mol. The summed E-state index contributed by atoms with van der Waals surface area (Å²) in [5.74, 6) is 0. The molecule has 1 heterocycles. The molecule has 0 spiro atoms. The number of benzene rings is 11. The lowest BCUT2D eigenvalue weighted by atomic mass is 9.80. The minimum absolute atomic E-state index is 0.202. The van der Waals surface area contributed by atoms with Crippen molar-refractivity contribution < 1.29 is 0 Å². The molecule has 1 aliphatic carbocycles. The molecule has 12 aromatic rings. The van der Waals surface area contributed by atoms with Crippen LogP contribution in [0, 0.1) is 0 Å². The third-order valence-electron chi connectivity index (χ3n) is 13.5. The monoisotopic (exact) mass is 735 g/mol. The highest BCUT2D eigenvalue weighted by Gasteiger charge is 2.37. The van der Waals surface area contributed by atoms with E-state index >= 15 is 0 Å². The molecule has 1 heteroatoms. The van der Waals surface area contributed by atoms with Gasteiger partial charge < -0.3 is 4.57 Å². The molecule has 1 aromatic heterocycles. The zero-order valence-electron chi connectivity index (χ0n) is 32.3. The lowest BCUT2D eigenvalue weighted by Gasteiger charge is -2.23. The molecule has 1 aliphatic rings. The van der Waals surface area contributed by atoms with Gasteiger partial charge in [0.1, 0.15) is 0 Å². The van der Waals surface area contributed by atoms with Crippen molar-refractivity contribution in [3.63, 3.8) is 0 Å². The van der Waals surface area contributed by atoms with Crippen molar-refractivity contribution in [1.82, 2.24) is 4.57 Å². The van der Waals surface area contributed by atoms with Crippen LogP contribution < -0.4 is 0 Å². The molecule has 0 radical (unpaired) electrons. The summed E-state index contributed by atoms with van der Waals surface area (Å²) in [4.78, 5) is 0. The van der Waals surface area contributed by atoms with Gasteiger partial charge in [-0.25, -0.2) is 0 Å². The molecule has 270 valence electrons. The van der Waals surface area contributed by atoms with Crippen LogP contribution >= 0.6 is 0 Å². The average molecular weight is 736 g/mol. The van der Waals surface area contributed by atoms with Crippen LogP contribution in [0.25, 0.3) is 114 Å². The first-order valence-electron chi connectivity index (χ1n) is 20.4. The highest BCUT2D eigenvalue weighted by atomic mass is 15.0. The van der Waals surface area contributed by atoms with Gasteiger partial charge in [0.2, 0.25) is 0 Å². The number of fused-ring (bicyclic) bond motifs is 17. The Morgan fingerprint density at radius 1 is 0.328 bits per heavy atom. The lowest BCUT2D eigenvalue weighted by Crippen LogP contribution is -2.15. The van der Waals surface area contributed by atoms with E-state index in [0.29, 0.717) is 0 Å². The normalized spacial score (nSPS) is 13.5. The molecule has 1 nitrogen and oxygen atoms in total. The number of hydrogen-bond acceptors (Lipinski definition) is 0. The molecule has 0 unspecified atom stereocenters. The molecule has 0 N–H and O–H groups in total. The first-order valence-corrected chi connectivity index (χ1v) is 20.4. The van der Waals surface area contributed by atoms with Gasteiger partial charge in [-0.15, -0.1) is 0 Å². The Morgan fingerprint density at radius 2 is 0.862 bits per heavy atom. The van der Waals surface area contributed by atoms with Crippen LogP contribution in [0.15, 0.2) is 188 Å². The molecule has 11 aromatic carbocycles. The summed E-state index contributed by atoms with van der Waals surface area (Å²) < 4.78 is 2.49. The number of rotatable bonds is 2. The first kappa shape index (κ1) is 31.9. The summed E-state index contributed by atoms with van der Waals surface area (Å²) >= 11 is 0. The third-order valence-corrected chi connectivity index (χ3v) is 13.5. The van der Waals surface area contributed by atoms with Crippen molar-refractivity contribution in [2.45, 2.75) is 19.3 Å². The fourth-order valence-electron chi connectivity index (χ4n) is 10.7. The second-order valence-electron chi connectivity index (χ2n) is 16.9. The average Bonchev–Trinajstić information content (AvgIpc) is 3.71. The molecule has 58 heavy (non-hydrogen) atoms. The quantitative estimate of drug-likeness (QED) is 0.156. The van der Waals surface area contributed by atoms with E-state index < -0.39 is 0 Å². The highest BCUT2D eigenvalue weighted by Crippen LogP contribution is 2.54. The van der Waals surface area contributed by atoms with E-state index in [-0.39, 0.29) is 5.41 Å². The predicted octanol–water partition coefficient (Wildman–Crippen LogP) is 15.7. The van der Waals surface area contributed by atoms with Crippen LogP contribution in [-0.2, 0) is 5.41 Å². The molecule has 0 saturated heterocycles. The zero-order chi connectivity index (χ0) is 38.3. The van der Waals surface area contributed by atoms with Crippen molar-refractivity contribution in [2.75, 3.05) is 0 Å². The molecule has 13 rings (SSSR count). The fourth-order valence-corrected chi connectivity index (χ4v) is 10.7. The molecule has 0 bridgehead atoms. The Balaban J connectivity index is 1.08. The summed E-state index contributed by atoms with van der Waals surface area (Å²) in [5.41, 5.74) is 11.4. The van der Waals surface area contributed by atoms with E-state index in [9.17, 15) is 0 Å². The van der Waals surface area contributed by atoms with Gasteiger partial charge in [0.15, 0.2) is 0 Å². The van der Waals surface area contributed by atoms with Crippen LogP contribution in [0.2, 0.25) is 0 Å². The fraction of sp³-hybridized carbons (Fsp3) is 0.0526. The van der Waals surface area contributed by atoms with Crippen molar-refractivity contribution in [3.05, 3.63) is 199 Å². The van der Waals surface area contributed by atoms with E-state index in [0.717, 1.165) is 0 Å². The van der Waals surface area contributed by atoms with E-state index in [1.54, 1.807) is 0 Å². The van der Waals surface area contributed by atoms with E-state index in [1.165, 1.54) is 126 Å². The minimum Gasteiger partial charge on any atom is -0.309 e. The Hall–Kier alpha value is -7.22. The predicted molar refractivity (Wildman–Crippen MR) is 249 cm³/mol. The van der Waals surface area contributed by atoms with Gasteiger partial charge in [0.25, 0.3) is 0 Å². The summed E-state index contributed by atoms with van der Waals surface area (Å²) in [6.45, 7) is 4.85. The minimum atomic E-state index is -0.202. The largest absolute Gasteiger partial charge is 0.309 e. The van der Waals surface area contributed by atoms with Gasteiger partial charge in [-0.3, -0.25) is 0 Å². The molecule has 0 amide bonds. The molecule has 0 saturated carbocycles. The Bertz CT molecular complexity index is 3750. The van der Waals surface area contributed by atoms with Crippen LogP contribution in [0.3, 0.4) is 0 Å². The second kappa shape index (κ2) is 11.4. The van der Waals surface area contributed by atoms with Gasteiger partial charge in [0.05, 0.1) is 11.0 Å². The first-order chi connectivity index (χ1) is 28.5. The van der Waals surface area contributed by atoms with Crippen molar-refractivity contribution in [2.24, 2.45) is 0 Å². The van der Waals surface area contributed by atoms with E-state index in [2.05, 4.69) is 206 Å². The van der Waals surface area contributed by atoms with Crippen molar-refractivity contribution in [1.29, 1.82) is 0 Å². The topological polar surface area (TPSA) is 4.93 Å². The van der Waals surface area contributed by atoms with Crippen LogP contribution in [-0.4, -0.2) is 4.57 Å². The molecule has 0 atom stereocenters. The van der Waals surface area contributed by atoms with Crippen molar-refractivity contribution >= 4 is 86.4 Å². The van der Waals surface area contributed by atoms with Crippen LogP contribution in [0.1, 0.15) is 25.0 Å². The summed E-state index contributed by atoms with van der Waals surface area (Å²) in [5, 5.41) is 18.2. The van der Waals surface area contributed by atoms with Crippen LogP contribution in [0.4, 0.5) is 0 Å². The summed E-state index contributed by atoms with van der Waals surface area (Å²) in [6, 6.07) is 70.7. The number of para-hydroxylation sites is 1. The smallest absolute Gasteiger partial charge is 0.0547 e. The van der Waals surface area contributed by atoms with Crippen molar-refractivity contribution in [3.8, 4) is 27.9 Å². The summed E-state index contributed by atoms with van der Waals surface area (Å²) in [6.07, 6.45) is 0. The maximum Gasteiger partial charge on any atom is 0.0547 e. The van der Waals surface area contributed by atoms with Crippen LogP contribution in [0.5, 0.6) is 0 Å². The van der Waals surface area contributed by atoms with Gasteiger partial charge in [-0.2, -0.15) is 0 Å². The third kappa shape index (κ3) is 4.25. The Morgan fingerprint density at radius 3 is 1.66 bits per heavy atom. The van der Waals surface area contributed by atoms with Gasteiger partial charge in [-0.1, -0.05) is 153 Å². The maximum absolute atomic E-state index is 2.54. The number of nitrogens with zero attached hydrogens (tertiary/aromatic N) is 1. The molecule has 0 aliphatic heterocycles. The second-order valence-corrected chi connectivity index (χ2v) is 16.9. The van der Waals surface area contributed by atoms with E-state index in [1.807, 2.05) is 0 Å². The number of aromatic nitrogens is 1. The Kier molecular flexibility index (Phi) is 6.29. The van der Waals surface area contributed by atoms with Gasteiger partial charge >= 0.3 is 0 Å². The maximum atomic E-state index is 2.54. The molecular formula is C57H37N. The highest BCUT2D eigenvalue weighted by molar-refractivity contribution is 6.32. The standard InChI is InChI=1S/C57H37N/c1-57(2)52-32-51-47(43-19-11-10-18-42(43)45-27-24-35-13-7-9-17-41(35)56(45)51)30-48(52)49-31-50-44-26-25-38(29-54(44)58(55(50)33-53(49)57)39-14-4-3-5-15-39)37-23-22-36-21-20-34-12-6-8-16-40(34)46(36)28-37/h3-33H,1-2H3. The lowest BCUT2D eigenvalue weighted by molar-refractivity contribution is 0.662. The zero-order valence-corrected chi connectivity index (χ0v) is 32.3. The van der Waals surface area contributed by atoms with E-state index in [4.69, 9.17) is 0 Å². The molecule has 0 fully saturated rings.